The first-order valence-corrected chi connectivity index (χ1v) is 4.86. The van der Waals surface area contributed by atoms with Crippen molar-refractivity contribution in [2.75, 3.05) is 26.7 Å². The molecule has 1 aliphatic rings. The molecule has 1 fully saturated rings. The van der Waals surface area contributed by atoms with E-state index in [2.05, 4.69) is 12.2 Å². The fraction of sp³-hybridized carbons (Fsp3) is 1.00. The van der Waals surface area contributed by atoms with Crippen LogP contribution in [0, 0.1) is 5.92 Å². The third-order valence-corrected chi connectivity index (χ3v) is 2.60. The third kappa shape index (κ3) is 3.84. The molecule has 1 rings (SSSR count). The van der Waals surface area contributed by atoms with Crippen LogP contribution in [0.4, 0.5) is 13.2 Å². The first-order chi connectivity index (χ1) is 6.38. The van der Waals surface area contributed by atoms with E-state index >= 15 is 0 Å². The van der Waals surface area contributed by atoms with E-state index in [4.69, 9.17) is 0 Å². The van der Waals surface area contributed by atoms with Crippen molar-refractivity contribution in [1.82, 2.24) is 10.2 Å². The Balaban J connectivity index is 2.39. The van der Waals surface area contributed by atoms with E-state index in [0.717, 1.165) is 13.0 Å². The first kappa shape index (κ1) is 11.8. The normalized spacial score (nSPS) is 29.6. The number of halogens is 3. The van der Waals surface area contributed by atoms with Crippen LogP contribution in [0.2, 0.25) is 0 Å². The average molecular weight is 210 g/mol. The minimum absolute atomic E-state index is 0.0142. The maximum atomic E-state index is 12.1. The van der Waals surface area contributed by atoms with Crippen LogP contribution in [0.1, 0.15) is 13.3 Å². The average Bonchev–Trinajstić information content (AvgIpc) is 2.01. The van der Waals surface area contributed by atoms with Crippen molar-refractivity contribution in [1.29, 1.82) is 0 Å². The molecule has 2 unspecified atom stereocenters. The van der Waals surface area contributed by atoms with Crippen LogP contribution in [-0.2, 0) is 0 Å². The molecule has 2 atom stereocenters. The predicted octanol–water partition coefficient (Wildman–Crippen LogP) is 1.48. The highest BCUT2D eigenvalue weighted by Crippen LogP contribution is 2.20. The molecule has 0 aliphatic carbocycles. The van der Waals surface area contributed by atoms with Crippen molar-refractivity contribution < 1.29 is 13.2 Å². The molecule has 0 spiro atoms. The number of likely N-dealkylation sites (N-methyl/N-ethyl adjacent to an activating group) is 1. The van der Waals surface area contributed by atoms with Gasteiger partial charge < -0.3 is 5.32 Å². The van der Waals surface area contributed by atoms with Gasteiger partial charge in [0.05, 0.1) is 6.54 Å². The molecule has 14 heavy (non-hydrogen) atoms. The fourth-order valence-corrected chi connectivity index (χ4v) is 1.88. The zero-order valence-electron chi connectivity index (χ0n) is 8.56. The van der Waals surface area contributed by atoms with E-state index in [-0.39, 0.29) is 6.04 Å². The highest BCUT2D eigenvalue weighted by atomic mass is 19.4. The Bertz CT molecular complexity index is 181. The van der Waals surface area contributed by atoms with Crippen molar-refractivity contribution in [3.63, 3.8) is 0 Å². The summed E-state index contributed by atoms with van der Waals surface area (Å²) in [6, 6.07) is 0.0142. The first-order valence-electron chi connectivity index (χ1n) is 4.86. The van der Waals surface area contributed by atoms with Gasteiger partial charge in [0.2, 0.25) is 0 Å². The summed E-state index contributed by atoms with van der Waals surface area (Å²) in [4.78, 5) is 1.39. The maximum absolute atomic E-state index is 12.1. The second-order valence-electron chi connectivity index (χ2n) is 4.18. The lowest BCUT2D eigenvalue weighted by Crippen LogP contribution is -2.49. The Morgan fingerprint density at radius 3 is 2.50 bits per heavy atom. The van der Waals surface area contributed by atoms with Gasteiger partial charge in [0.25, 0.3) is 0 Å². The molecule has 1 N–H and O–H groups in total. The number of hydrogen-bond donors (Lipinski definition) is 1. The van der Waals surface area contributed by atoms with Crippen molar-refractivity contribution >= 4 is 0 Å². The molecule has 1 heterocycles. The molecule has 0 saturated carbocycles. The van der Waals surface area contributed by atoms with Gasteiger partial charge >= 0.3 is 6.18 Å². The van der Waals surface area contributed by atoms with Crippen molar-refractivity contribution in [3.05, 3.63) is 0 Å². The molecule has 0 aromatic carbocycles. The molecule has 84 valence electrons. The van der Waals surface area contributed by atoms with E-state index in [0.29, 0.717) is 12.5 Å². The van der Waals surface area contributed by atoms with Gasteiger partial charge in [-0.05, 0) is 25.9 Å². The summed E-state index contributed by atoms with van der Waals surface area (Å²) < 4.78 is 36.3. The fourth-order valence-electron chi connectivity index (χ4n) is 1.88. The number of nitrogens with zero attached hydrogens (tertiary/aromatic N) is 1. The van der Waals surface area contributed by atoms with E-state index in [1.165, 1.54) is 11.9 Å². The Kier molecular flexibility index (Phi) is 3.78. The van der Waals surface area contributed by atoms with Crippen LogP contribution in [0.25, 0.3) is 0 Å². The zero-order valence-corrected chi connectivity index (χ0v) is 8.56. The maximum Gasteiger partial charge on any atom is 0.401 e. The predicted molar refractivity (Wildman–Crippen MR) is 49.1 cm³/mol. The molecule has 1 saturated heterocycles. The summed E-state index contributed by atoms with van der Waals surface area (Å²) in [6.45, 7) is 2.82. The Morgan fingerprint density at radius 1 is 1.36 bits per heavy atom. The topological polar surface area (TPSA) is 15.3 Å². The molecule has 0 amide bonds. The minimum Gasteiger partial charge on any atom is -0.315 e. The van der Waals surface area contributed by atoms with Crippen molar-refractivity contribution in [2.45, 2.75) is 25.6 Å². The highest BCUT2D eigenvalue weighted by molar-refractivity contribution is 4.80. The van der Waals surface area contributed by atoms with Crippen LogP contribution in [0.15, 0.2) is 0 Å². The van der Waals surface area contributed by atoms with Crippen LogP contribution >= 0.6 is 0 Å². The van der Waals surface area contributed by atoms with E-state index in [9.17, 15) is 13.2 Å². The second kappa shape index (κ2) is 4.49. The summed E-state index contributed by atoms with van der Waals surface area (Å²) in [5.41, 5.74) is 0. The number of hydrogen-bond acceptors (Lipinski definition) is 2. The Hall–Kier alpha value is -0.290. The molecule has 1 aliphatic heterocycles. The Labute approximate surface area is 82.5 Å². The van der Waals surface area contributed by atoms with Crippen LogP contribution < -0.4 is 5.32 Å². The largest absolute Gasteiger partial charge is 0.401 e. The summed E-state index contributed by atoms with van der Waals surface area (Å²) in [5, 5.41) is 3.14. The van der Waals surface area contributed by atoms with Gasteiger partial charge in [-0.2, -0.15) is 13.2 Å². The number of alkyl halides is 3. The molecule has 5 heteroatoms. The number of nitrogens with one attached hydrogen (secondary N) is 1. The summed E-state index contributed by atoms with van der Waals surface area (Å²) in [5.74, 6) is 0.462. The van der Waals surface area contributed by atoms with Gasteiger partial charge in [-0.3, -0.25) is 4.90 Å². The van der Waals surface area contributed by atoms with E-state index < -0.39 is 12.7 Å². The summed E-state index contributed by atoms with van der Waals surface area (Å²) >= 11 is 0. The smallest absolute Gasteiger partial charge is 0.315 e. The van der Waals surface area contributed by atoms with E-state index in [1.807, 2.05) is 0 Å². The molecule has 0 aromatic rings. The van der Waals surface area contributed by atoms with Gasteiger partial charge in [0.1, 0.15) is 0 Å². The van der Waals surface area contributed by atoms with Gasteiger partial charge in [-0.25, -0.2) is 0 Å². The van der Waals surface area contributed by atoms with Gasteiger partial charge in [-0.15, -0.1) is 0 Å². The minimum atomic E-state index is -4.09. The number of rotatable bonds is 2. The molecule has 2 nitrogen and oxygen atoms in total. The van der Waals surface area contributed by atoms with Gasteiger partial charge in [0.15, 0.2) is 0 Å². The molecule has 0 bridgehead atoms. The number of piperidine rings is 1. The molecular weight excluding hydrogens is 193 g/mol. The van der Waals surface area contributed by atoms with Gasteiger partial charge in [0, 0.05) is 12.6 Å². The molecule has 0 aromatic heterocycles. The summed E-state index contributed by atoms with van der Waals surface area (Å²) in [6.07, 6.45) is -3.24. The zero-order chi connectivity index (χ0) is 10.8. The van der Waals surface area contributed by atoms with Gasteiger partial charge in [-0.1, -0.05) is 6.92 Å². The highest BCUT2D eigenvalue weighted by Gasteiger charge is 2.33. The monoisotopic (exact) mass is 210 g/mol. The standard InChI is InChI=1S/C9H17F3N2/c1-7-3-8(5-13-4-7)14(2)6-9(10,11)12/h7-8,13H,3-6H2,1-2H3. The van der Waals surface area contributed by atoms with Crippen molar-refractivity contribution in [3.8, 4) is 0 Å². The quantitative estimate of drug-likeness (QED) is 0.742. The molecule has 0 radical (unpaired) electrons. The lowest BCUT2D eigenvalue weighted by molar-refractivity contribution is -0.148. The molecular formula is C9H17F3N2. The second-order valence-corrected chi connectivity index (χ2v) is 4.18. The third-order valence-electron chi connectivity index (χ3n) is 2.60. The lowest BCUT2D eigenvalue weighted by atomic mass is 9.97. The van der Waals surface area contributed by atoms with Crippen LogP contribution in [-0.4, -0.2) is 43.8 Å². The van der Waals surface area contributed by atoms with Crippen molar-refractivity contribution in [2.24, 2.45) is 5.92 Å². The summed E-state index contributed by atoms with van der Waals surface area (Å²) in [7, 11) is 1.54. The Morgan fingerprint density at radius 2 is 2.00 bits per heavy atom. The van der Waals surface area contributed by atoms with Crippen LogP contribution in [0.5, 0.6) is 0 Å². The SMILES string of the molecule is CC1CNCC(N(C)CC(F)(F)F)C1. The van der Waals surface area contributed by atoms with E-state index in [1.54, 1.807) is 0 Å². The lowest BCUT2D eigenvalue weighted by Gasteiger charge is -2.34. The van der Waals surface area contributed by atoms with Crippen LogP contribution in [0.3, 0.4) is 0 Å².